The predicted molar refractivity (Wildman–Crippen MR) is 103 cm³/mol. The molecule has 0 spiro atoms. The van der Waals surface area contributed by atoms with Crippen LogP contribution in [0.2, 0.25) is 0 Å². The Morgan fingerprint density at radius 3 is 2.71 bits per heavy atom. The van der Waals surface area contributed by atoms with Gasteiger partial charge in [-0.15, -0.1) is 0 Å². The van der Waals surface area contributed by atoms with Crippen molar-refractivity contribution in [1.82, 2.24) is 34.1 Å². The molecule has 0 bridgehead atoms. The van der Waals surface area contributed by atoms with Gasteiger partial charge in [-0.2, -0.15) is 5.10 Å². The van der Waals surface area contributed by atoms with Crippen molar-refractivity contribution in [1.29, 1.82) is 0 Å². The molecule has 0 unspecified atom stereocenters. The van der Waals surface area contributed by atoms with Gasteiger partial charge in [0.1, 0.15) is 22.9 Å². The van der Waals surface area contributed by atoms with E-state index in [1.807, 2.05) is 41.4 Å². The number of hydrogen-bond donors (Lipinski definition) is 1. The van der Waals surface area contributed by atoms with Crippen molar-refractivity contribution in [2.24, 2.45) is 7.05 Å². The predicted octanol–water partition coefficient (Wildman–Crippen LogP) is 1.28. The quantitative estimate of drug-likeness (QED) is 0.740. The third-order valence-corrected chi connectivity index (χ3v) is 5.06. The fourth-order valence-electron chi connectivity index (χ4n) is 3.58. The number of H-pyrrole nitrogens is 1. The monoisotopic (exact) mass is 381 g/mol. The summed E-state index contributed by atoms with van der Waals surface area (Å²) in [4.78, 5) is 33.2. The lowest BCUT2D eigenvalue weighted by Gasteiger charge is -2.28. The minimum Gasteiger partial charge on any atom is -0.349 e. The van der Waals surface area contributed by atoms with Crippen molar-refractivity contribution < 1.29 is 9.59 Å². The van der Waals surface area contributed by atoms with Crippen molar-refractivity contribution >= 4 is 11.8 Å². The van der Waals surface area contributed by atoms with E-state index in [0.29, 0.717) is 36.7 Å². The molecule has 0 saturated carbocycles. The fraction of sp³-hybridized carbons (Fsp3) is 0.368. The molecule has 1 aliphatic heterocycles. The Hall–Kier alpha value is -3.36. The Kier molecular flexibility index (Phi) is 4.29. The van der Waals surface area contributed by atoms with Crippen molar-refractivity contribution in [3.8, 4) is 11.4 Å². The molecule has 0 aliphatic carbocycles. The number of carbonyl (C=O) groups excluding carboxylic acids is 2. The molecule has 0 saturated heterocycles. The Labute approximate surface area is 162 Å². The summed E-state index contributed by atoms with van der Waals surface area (Å²) in [5.41, 5.74) is 3.39. The van der Waals surface area contributed by atoms with Crippen molar-refractivity contribution in [2.45, 2.75) is 20.0 Å². The van der Waals surface area contributed by atoms with Gasteiger partial charge in [0.25, 0.3) is 11.8 Å². The summed E-state index contributed by atoms with van der Waals surface area (Å²) in [5.74, 6) is 0.529. The van der Waals surface area contributed by atoms with Crippen LogP contribution in [-0.4, -0.2) is 66.6 Å². The summed E-state index contributed by atoms with van der Waals surface area (Å²) in [5, 5.41) is 7.13. The SMILES string of the molecule is Cc1nc2n(c1C(=O)N(C)C)CCN(C(=O)c1cc(-c3cccn3C)n[nH]1)C2. The number of aromatic amines is 1. The maximum atomic E-state index is 12.9. The Bertz CT molecular complexity index is 1060. The van der Waals surface area contributed by atoms with Gasteiger partial charge >= 0.3 is 0 Å². The lowest BCUT2D eigenvalue weighted by atomic mass is 10.2. The van der Waals surface area contributed by atoms with E-state index in [-0.39, 0.29) is 11.8 Å². The number of aromatic nitrogens is 5. The Morgan fingerprint density at radius 1 is 1.25 bits per heavy atom. The maximum absolute atomic E-state index is 12.9. The summed E-state index contributed by atoms with van der Waals surface area (Å²) in [6.45, 7) is 3.23. The van der Waals surface area contributed by atoms with Gasteiger partial charge in [-0.1, -0.05) is 0 Å². The first-order chi connectivity index (χ1) is 13.4. The van der Waals surface area contributed by atoms with Crippen molar-refractivity contribution in [3.63, 3.8) is 0 Å². The number of imidazole rings is 1. The summed E-state index contributed by atoms with van der Waals surface area (Å²) < 4.78 is 3.87. The highest BCUT2D eigenvalue weighted by atomic mass is 16.2. The first kappa shape index (κ1) is 18.0. The summed E-state index contributed by atoms with van der Waals surface area (Å²) in [6.07, 6.45) is 1.94. The molecule has 0 radical (unpaired) electrons. The average Bonchev–Trinajstić information content (AvgIpc) is 3.37. The van der Waals surface area contributed by atoms with E-state index in [1.54, 1.807) is 30.0 Å². The lowest BCUT2D eigenvalue weighted by molar-refractivity contribution is 0.0697. The van der Waals surface area contributed by atoms with Crippen LogP contribution in [0.1, 0.15) is 32.5 Å². The van der Waals surface area contributed by atoms with Gasteiger partial charge in [0.2, 0.25) is 0 Å². The second-order valence-electron chi connectivity index (χ2n) is 7.21. The molecule has 9 heteroatoms. The van der Waals surface area contributed by atoms with Crippen LogP contribution in [-0.2, 0) is 20.1 Å². The van der Waals surface area contributed by atoms with Crippen molar-refractivity contribution in [3.05, 3.63) is 47.3 Å². The van der Waals surface area contributed by atoms with Crippen LogP contribution in [0.3, 0.4) is 0 Å². The van der Waals surface area contributed by atoms with Crippen LogP contribution in [0.15, 0.2) is 24.4 Å². The number of amides is 2. The highest BCUT2D eigenvalue weighted by molar-refractivity contribution is 5.94. The minimum atomic E-state index is -0.125. The van der Waals surface area contributed by atoms with Gasteiger partial charge in [0, 0.05) is 40.4 Å². The smallest absolute Gasteiger partial charge is 0.272 e. The van der Waals surface area contributed by atoms with E-state index in [2.05, 4.69) is 15.2 Å². The Balaban J connectivity index is 1.56. The zero-order valence-corrected chi connectivity index (χ0v) is 16.4. The molecule has 9 nitrogen and oxygen atoms in total. The van der Waals surface area contributed by atoms with E-state index in [4.69, 9.17) is 0 Å². The normalized spacial score (nSPS) is 13.5. The van der Waals surface area contributed by atoms with Crippen LogP contribution < -0.4 is 0 Å². The number of nitrogens with one attached hydrogen (secondary N) is 1. The standard InChI is InChI=1S/C19H23N7O2/c1-12-17(19(28)23(2)3)26-9-8-25(11-16(26)20-12)18(27)14-10-13(21-22-14)15-6-5-7-24(15)4/h5-7,10H,8-9,11H2,1-4H3,(H,21,22). The minimum absolute atomic E-state index is 0.0724. The molecule has 0 atom stereocenters. The highest BCUT2D eigenvalue weighted by Gasteiger charge is 2.29. The van der Waals surface area contributed by atoms with Gasteiger partial charge in [-0.25, -0.2) is 4.98 Å². The molecule has 3 aromatic heterocycles. The zero-order chi connectivity index (χ0) is 20.0. The Morgan fingerprint density at radius 2 is 2.04 bits per heavy atom. The van der Waals surface area contributed by atoms with E-state index < -0.39 is 0 Å². The zero-order valence-electron chi connectivity index (χ0n) is 16.4. The van der Waals surface area contributed by atoms with E-state index in [1.165, 1.54) is 0 Å². The number of carbonyl (C=O) groups is 2. The molecule has 146 valence electrons. The lowest BCUT2D eigenvalue weighted by Crippen LogP contribution is -2.39. The third-order valence-electron chi connectivity index (χ3n) is 5.06. The van der Waals surface area contributed by atoms with Crippen LogP contribution in [0.4, 0.5) is 0 Å². The first-order valence-electron chi connectivity index (χ1n) is 9.11. The van der Waals surface area contributed by atoms with Gasteiger partial charge < -0.3 is 18.9 Å². The number of aryl methyl sites for hydroxylation is 2. The molecule has 4 heterocycles. The van der Waals surface area contributed by atoms with Gasteiger partial charge in [-0.05, 0) is 25.1 Å². The summed E-state index contributed by atoms with van der Waals surface area (Å²) >= 11 is 0. The van der Waals surface area contributed by atoms with Crippen molar-refractivity contribution in [2.75, 3.05) is 20.6 Å². The van der Waals surface area contributed by atoms with Crippen LogP contribution >= 0.6 is 0 Å². The molecule has 3 aromatic rings. The van der Waals surface area contributed by atoms with E-state index >= 15 is 0 Å². The third kappa shape index (κ3) is 2.88. The molecule has 4 rings (SSSR count). The molecule has 0 fully saturated rings. The molecular weight excluding hydrogens is 358 g/mol. The fourth-order valence-corrected chi connectivity index (χ4v) is 3.58. The number of hydrogen-bond acceptors (Lipinski definition) is 4. The van der Waals surface area contributed by atoms with Gasteiger partial charge in [-0.3, -0.25) is 14.7 Å². The molecule has 28 heavy (non-hydrogen) atoms. The number of rotatable bonds is 3. The highest BCUT2D eigenvalue weighted by Crippen LogP contribution is 2.22. The van der Waals surface area contributed by atoms with Crippen LogP contribution in [0.5, 0.6) is 0 Å². The number of nitrogens with zero attached hydrogens (tertiary/aromatic N) is 6. The second-order valence-corrected chi connectivity index (χ2v) is 7.21. The largest absolute Gasteiger partial charge is 0.349 e. The number of fused-ring (bicyclic) bond motifs is 1. The molecule has 1 N–H and O–H groups in total. The summed E-state index contributed by atoms with van der Waals surface area (Å²) in [6, 6.07) is 5.66. The molecule has 0 aromatic carbocycles. The van der Waals surface area contributed by atoms with E-state index in [9.17, 15) is 9.59 Å². The molecular formula is C19H23N7O2. The molecule has 1 aliphatic rings. The van der Waals surface area contributed by atoms with Gasteiger partial charge in [0.15, 0.2) is 0 Å². The first-order valence-corrected chi connectivity index (χ1v) is 9.11. The van der Waals surface area contributed by atoms with Gasteiger partial charge in [0.05, 0.1) is 17.9 Å². The topological polar surface area (TPSA) is 92.1 Å². The van der Waals surface area contributed by atoms with Crippen LogP contribution in [0.25, 0.3) is 11.4 Å². The van der Waals surface area contributed by atoms with E-state index in [0.717, 1.165) is 17.2 Å². The summed E-state index contributed by atoms with van der Waals surface area (Å²) in [7, 11) is 5.39. The molecule has 2 amide bonds. The van der Waals surface area contributed by atoms with Crippen LogP contribution in [0, 0.1) is 6.92 Å². The maximum Gasteiger partial charge on any atom is 0.272 e. The second kappa shape index (κ2) is 6.66. The average molecular weight is 381 g/mol.